The van der Waals surface area contributed by atoms with Gasteiger partial charge in [-0.2, -0.15) is 8.62 Å². The fourth-order valence-corrected chi connectivity index (χ4v) is 10.1. The van der Waals surface area contributed by atoms with Gasteiger partial charge in [-0.1, -0.05) is 115 Å². The summed E-state index contributed by atoms with van der Waals surface area (Å²) in [6.07, 6.45) is 15.2. The Labute approximate surface area is 389 Å². The Bertz CT molecular complexity index is 2270. The van der Waals surface area contributed by atoms with Crippen molar-refractivity contribution in [2.24, 2.45) is 0 Å². The molecule has 0 fully saturated rings. The van der Waals surface area contributed by atoms with Gasteiger partial charge in [0.2, 0.25) is 0 Å². The van der Waals surface area contributed by atoms with Crippen LogP contribution in [0.25, 0.3) is 0 Å². The zero-order valence-corrected chi connectivity index (χ0v) is 40.8. The summed E-state index contributed by atoms with van der Waals surface area (Å²) >= 11 is 0. The SMILES string of the molecule is CCCCCCCCCCCCCCOC(=O)Oc1ccc(COP(=O)(OCc2ccc(OC(=O)CC)cc2)OP(=O)(O)OP(=O)(O)OC[C@@H]2C=C[C@H](n3cc(C)c(=O)[nH]c3=O)O2)cc1.N.N. The fourth-order valence-electron chi connectivity index (χ4n) is 6.11. The first-order valence-corrected chi connectivity index (χ1v) is 25.9. The van der Waals surface area contributed by atoms with Gasteiger partial charge in [0.25, 0.3) is 5.56 Å². The van der Waals surface area contributed by atoms with E-state index in [0.717, 1.165) is 23.8 Å². The number of aryl methyl sites for hydroxylation is 1. The Morgan fingerprint density at radius 3 is 1.76 bits per heavy atom. The predicted octanol–water partition coefficient (Wildman–Crippen LogP) is 9.95. The van der Waals surface area contributed by atoms with E-state index >= 15 is 0 Å². The van der Waals surface area contributed by atoms with Crippen molar-refractivity contribution in [3.05, 3.63) is 104 Å². The zero-order valence-electron chi connectivity index (χ0n) is 38.2. The van der Waals surface area contributed by atoms with Gasteiger partial charge in [-0.3, -0.25) is 32.7 Å². The molecule has 25 heteroatoms. The number of nitrogens with zero attached hydrogens (tertiary/aromatic N) is 1. The Kier molecular flexibility index (Phi) is 26.2. The molecule has 9 N–H and O–H groups in total. The molecule has 3 aromatic rings. The first-order valence-electron chi connectivity index (χ1n) is 21.5. The van der Waals surface area contributed by atoms with Crippen LogP contribution in [0.5, 0.6) is 11.5 Å². The quantitative estimate of drug-likeness (QED) is 0.0103. The zero-order chi connectivity index (χ0) is 47.3. The van der Waals surface area contributed by atoms with Gasteiger partial charge in [-0.05, 0) is 54.8 Å². The number of aromatic amines is 1. The van der Waals surface area contributed by atoms with Crippen LogP contribution in [0.15, 0.2) is 76.5 Å². The lowest BCUT2D eigenvalue weighted by Gasteiger charge is -2.22. The Morgan fingerprint density at radius 2 is 1.22 bits per heavy atom. The highest BCUT2D eigenvalue weighted by atomic mass is 31.3. The van der Waals surface area contributed by atoms with E-state index in [1.807, 2.05) is 0 Å². The van der Waals surface area contributed by atoms with Crippen LogP contribution in [0.1, 0.15) is 120 Å². The molecule has 0 bridgehead atoms. The molecule has 0 amide bonds. The molecule has 22 nitrogen and oxygen atoms in total. The molecule has 3 unspecified atom stereocenters. The topological polar surface area (TPSA) is 334 Å². The molecule has 0 radical (unpaired) electrons. The highest BCUT2D eigenvalue weighted by Crippen LogP contribution is 2.69. The lowest BCUT2D eigenvalue weighted by molar-refractivity contribution is -0.134. The van der Waals surface area contributed by atoms with E-state index in [1.54, 1.807) is 6.92 Å². The number of phosphoric acid groups is 3. The number of carbonyl (C=O) groups is 2. The number of phosphoric ester groups is 2. The predicted molar refractivity (Wildman–Crippen MR) is 246 cm³/mol. The average Bonchev–Trinajstić information content (AvgIpc) is 3.74. The minimum absolute atomic E-state index is 0. The number of nitrogens with one attached hydrogen (secondary N) is 1. The monoisotopic (exact) mass is 1010 g/mol. The maximum atomic E-state index is 13.9. The second-order valence-corrected chi connectivity index (χ2v) is 19.9. The summed E-state index contributed by atoms with van der Waals surface area (Å²) in [4.78, 5) is 70.8. The number of carbonyl (C=O) groups excluding carboxylic acids is 2. The van der Waals surface area contributed by atoms with E-state index in [9.17, 15) is 42.7 Å². The standard InChI is InChI=1S/C42H59N2O18P3.2H3N/c1-4-6-7-8-9-10-11-12-13-14-15-16-27-54-42(48)60-36-23-19-34(20-24-36)30-57-65(53,56-29-33-17-21-35(22-18-33)59-39(45)5-2)62-64(51,52)61-63(49,50)55-31-37-25-26-38(58-37)44-28-32(3)40(46)43-41(44)47;;/h17-26,28,37-38H,4-16,27,29-31H2,1-3H3,(H,49,50)(H,51,52)(H,43,46,47);2*1H3/t37-,38+,65?;;/m0../s1. The van der Waals surface area contributed by atoms with Gasteiger partial charge in [0.15, 0.2) is 6.23 Å². The second kappa shape index (κ2) is 29.7. The van der Waals surface area contributed by atoms with Crippen molar-refractivity contribution in [1.29, 1.82) is 0 Å². The maximum Gasteiger partial charge on any atom is 0.513 e. The lowest BCUT2D eigenvalue weighted by atomic mass is 10.1. The average molecular weight is 1010 g/mol. The largest absolute Gasteiger partial charge is 0.513 e. The molecule has 0 aliphatic carbocycles. The van der Waals surface area contributed by atoms with Gasteiger partial charge in [0, 0.05) is 18.2 Å². The molecular weight excluding hydrogens is 941 g/mol. The van der Waals surface area contributed by atoms with Crippen LogP contribution in [0.4, 0.5) is 4.79 Å². The van der Waals surface area contributed by atoms with Crippen molar-refractivity contribution in [3.63, 3.8) is 0 Å². The van der Waals surface area contributed by atoms with Crippen molar-refractivity contribution >= 4 is 35.6 Å². The molecule has 376 valence electrons. The van der Waals surface area contributed by atoms with Crippen LogP contribution >= 0.6 is 23.5 Å². The summed E-state index contributed by atoms with van der Waals surface area (Å²) in [5.41, 5.74) is -0.547. The molecule has 4 rings (SSSR count). The van der Waals surface area contributed by atoms with Gasteiger partial charge in [-0.15, -0.1) is 0 Å². The van der Waals surface area contributed by atoms with E-state index in [4.69, 9.17) is 36.8 Å². The molecule has 2 aromatic carbocycles. The Hall–Kier alpha value is -4.11. The van der Waals surface area contributed by atoms with Crippen LogP contribution in [-0.2, 0) is 63.4 Å². The van der Waals surface area contributed by atoms with Gasteiger partial charge in [-0.25, -0.2) is 23.3 Å². The summed E-state index contributed by atoms with van der Waals surface area (Å²) in [5, 5.41) is 0. The molecule has 67 heavy (non-hydrogen) atoms. The highest BCUT2D eigenvalue weighted by molar-refractivity contribution is 7.67. The first-order chi connectivity index (χ1) is 31.0. The number of rotatable bonds is 30. The summed E-state index contributed by atoms with van der Waals surface area (Å²) in [5.74, 6) is -0.153. The minimum Gasteiger partial charge on any atom is -0.434 e. The molecule has 2 heterocycles. The number of benzene rings is 2. The smallest absolute Gasteiger partial charge is 0.434 e. The number of unbranched alkanes of at least 4 members (excludes halogenated alkanes) is 11. The van der Waals surface area contributed by atoms with E-state index in [1.165, 1.54) is 125 Å². The number of esters is 1. The van der Waals surface area contributed by atoms with Crippen molar-refractivity contribution in [2.45, 2.75) is 130 Å². The lowest BCUT2D eigenvalue weighted by Crippen LogP contribution is -2.33. The molecule has 0 saturated carbocycles. The normalized spacial score (nSPS) is 17.0. The van der Waals surface area contributed by atoms with E-state index in [-0.39, 0.29) is 42.4 Å². The van der Waals surface area contributed by atoms with Crippen LogP contribution in [0.2, 0.25) is 0 Å². The molecular formula is C42H65N4O18P3. The molecule has 1 aliphatic rings. The van der Waals surface area contributed by atoms with Gasteiger partial charge >= 0.3 is 41.3 Å². The van der Waals surface area contributed by atoms with Crippen LogP contribution in [-0.4, -0.2) is 50.8 Å². The summed E-state index contributed by atoms with van der Waals surface area (Å²) < 4.78 is 86.7. The molecule has 0 saturated heterocycles. The maximum absolute atomic E-state index is 13.9. The van der Waals surface area contributed by atoms with Gasteiger partial charge in [0.05, 0.1) is 26.4 Å². The van der Waals surface area contributed by atoms with Crippen LogP contribution in [0.3, 0.4) is 0 Å². The van der Waals surface area contributed by atoms with E-state index in [0.29, 0.717) is 17.5 Å². The highest BCUT2D eigenvalue weighted by Gasteiger charge is 2.44. The first kappa shape index (κ1) is 59.0. The Morgan fingerprint density at radius 1 is 0.701 bits per heavy atom. The third kappa shape index (κ3) is 22.2. The number of hydrogen-bond donors (Lipinski definition) is 5. The van der Waals surface area contributed by atoms with Crippen molar-refractivity contribution < 1.29 is 74.2 Å². The number of hydrogen-bond acceptors (Lipinski definition) is 18. The fraction of sp³-hybridized carbons (Fsp3) is 0.524. The summed E-state index contributed by atoms with van der Waals surface area (Å²) in [6.45, 7) is 3.63. The molecule has 0 spiro atoms. The van der Waals surface area contributed by atoms with Crippen molar-refractivity contribution in [1.82, 2.24) is 21.9 Å². The van der Waals surface area contributed by atoms with Crippen LogP contribution < -0.4 is 33.0 Å². The third-order valence-corrected chi connectivity index (χ3v) is 14.2. The summed E-state index contributed by atoms with van der Waals surface area (Å²) in [7, 11) is -16.5. The van der Waals surface area contributed by atoms with E-state index in [2.05, 4.69) is 16.2 Å². The van der Waals surface area contributed by atoms with Crippen molar-refractivity contribution in [2.75, 3.05) is 13.2 Å². The minimum atomic E-state index is -5.81. The van der Waals surface area contributed by atoms with E-state index < -0.39 is 79.0 Å². The molecule has 1 aromatic heterocycles. The Balaban J connectivity index is 0.00000771. The van der Waals surface area contributed by atoms with Crippen LogP contribution in [0, 0.1) is 6.92 Å². The third-order valence-electron chi connectivity index (χ3n) is 9.60. The summed E-state index contributed by atoms with van der Waals surface area (Å²) in [6, 6.07) is 11.4. The van der Waals surface area contributed by atoms with Gasteiger partial charge in [0.1, 0.15) is 17.6 Å². The number of aromatic nitrogens is 2. The van der Waals surface area contributed by atoms with Crippen molar-refractivity contribution in [3.8, 4) is 11.5 Å². The number of H-pyrrole nitrogens is 1. The van der Waals surface area contributed by atoms with Gasteiger partial charge < -0.3 is 41.0 Å². The molecule has 1 aliphatic heterocycles. The second-order valence-electron chi connectivity index (χ2n) is 15.0. The number of ether oxygens (including phenoxy) is 4. The molecule has 5 atom stereocenters.